The molecule has 6 nitrogen and oxygen atoms in total. The van der Waals surface area contributed by atoms with E-state index in [1.165, 1.54) is 0 Å². The molecule has 0 bridgehead atoms. The number of hydrogen-bond acceptors (Lipinski definition) is 5. The van der Waals surface area contributed by atoms with Crippen LogP contribution >= 0.6 is 15.9 Å². The van der Waals surface area contributed by atoms with Crippen molar-refractivity contribution in [3.8, 4) is 11.4 Å². The van der Waals surface area contributed by atoms with Gasteiger partial charge in [-0.25, -0.2) is 8.42 Å². The molecule has 1 N–H and O–H groups in total. The van der Waals surface area contributed by atoms with Gasteiger partial charge in [-0.3, -0.25) is 4.72 Å². The van der Waals surface area contributed by atoms with Crippen molar-refractivity contribution in [3.63, 3.8) is 0 Å². The highest BCUT2D eigenvalue weighted by atomic mass is 79.9. The number of rotatable bonds is 5. The van der Waals surface area contributed by atoms with Gasteiger partial charge in [-0.1, -0.05) is 33.2 Å². The van der Waals surface area contributed by atoms with E-state index in [1.54, 1.807) is 24.3 Å². The van der Waals surface area contributed by atoms with Crippen molar-refractivity contribution < 1.29 is 12.9 Å². The van der Waals surface area contributed by atoms with Gasteiger partial charge in [0.1, 0.15) is 0 Å². The lowest BCUT2D eigenvalue weighted by Crippen LogP contribution is -2.09. The zero-order chi connectivity index (χ0) is 17.2. The van der Waals surface area contributed by atoms with E-state index in [9.17, 15) is 8.42 Å². The van der Waals surface area contributed by atoms with Crippen LogP contribution in [0, 0.1) is 0 Å². The second-order valence-electron chi connectivity index (χ2n) is 5.27. The van der Waals surface area contributed by atoms with Crippen molar-refractivity contribution in [3.05, 3.63) is 64.5 Å². The van der Waals surface area contributed by atoms with E-state index in [1.807, 2.05) is 24.3 Å². The average Bonchev–Trinajstić information content (AvgIpc) is 2.97. The van der Waals surface area contributed by atoms with E-state index < -0.39 is 10.0 Å². The largest absolute Gasteiger partial charge is 0.339 e. The van der Waals surface area contributed by atoms with Crippen molar-refractivity contribution >= 4 is 31.6 Å². The average molecular weight is 408 g/mol. The minimum Gasteiger partial charge on any atom is -0.339 e. The Labute approximate surface area is 148 Å². The number of hydrogen-bond donors (Lipinski definition) is 1. The number of nitrogens with zero attached hydrogens (tertiary/aromatic N) is 2. The number of aromatic nitrogens is 2. The number of nitrogens with one attached hydrogen (secondary N) is 1. The van der Waals surface area contributed by atoms with E-state index >= 15 is 0 Å². The molecule has 3 aromatic rings. The monoisotopic (exact) mass is 407 g/mol. The summed E-state index contributed by atoms with van der Waals surface area (Å²) in [6, 6.07) is 14.7. The zero-order valence-corrected chi connectivity index (χ0v) is 15.1. The fourth-order valence-corrected chi connectivity index (χ4v) is 2.95. The summed E-state index contributed by atoms with van der Waals surface area (Å²) in [6.45, 7) is 0. The second-order valence-corrected chi connectivity index (χ2v) is 7.93. The number of anilines is 1. The van der Waals surface area contributed by atoms with Gasteiger partial charge in [-0.05, 0) is 42.0 Å². The highest BCUT2D eigenvalue weighted by Crippen LogP contribution is 2.20. The Bertz CT molecular complexity index is 935. The molecule has 124 valence electrons. The maximum atomic E-state index is 11.2. The Kier molecular flexibility index (Phi) is 4.68. The van der Waals surface area contributed by atoms with Crippen LogP contribution in [0.2, 0.25) is 0 Å². The topological polar surface area (TPSA) is 85.1 Å². The second kappa shape index (κ2) is 6.74. The first-order valence-electron chi connectivity index (χ1n) is 7.04. The van der Waals surface area contributed by atoms with Crippen LogP contribution in [0.25, 0.3) is 11.4 Å². The standard InChI is InChI=1S/C16H14BrN3O3S/c1-24(21,22)20-14-8-4-12(5-9-14)16-18-15(23-19-16)10-11-2-6-13(17)7-3-11/h2-9,20H,10H2,1H3. The molecule has 2 aromatic carbocycles. The molecule has 0 aliphatic heterocycles. The number of sulfonamides is 1. The highest BCUT2D eigenvalue weighted by molar-refractivity contribution is 9.10. The molecule has 3 rings (SSSR count). The molecule has 0 radical (unpaired) electrons. The molecule has 0 saturated carbocycles. The summed E-state index contributed by atoms with van der Waals surface area (Å²) in [4.78, 5) is 4.37. The molecular formula is C16H14BrN3O3S. The van der Waals surface area contributed by atoms with Gasteiger partial charge in [0.2, 0.25) is 21.7 Å². The maximum absolute atomic E-state index is 11.2. The molecule has 8 heteroatoms. The third-order valence-corrected chi connectivity index (χ3v) is 4.32. The predicted molar refractivity (Wildman–Crippen MR) is 95.1 cm³/mol. The van der Waals surface area contributed by atoms with Crippen molar-refractivity contribution in [2.75, 3.05) is 11.0 Å². The predicted octanol–water partition coefficient (Wildman–Crippen LogP) is 3.46. The lowest BCUT2D eigenvalue weighted by atomic mass is 10.1. The van der Waals surface area contributed by atoms with Gasteiger partial charge < -0.3 is 4.52 Å². The Morgan fingerprint density at radius 1 is 1.08 bits per heavy atom. The lowest BCUT2D eigenvalue weighted by molar-refractivity contribution is 0.385. The fourth-order valence-electron chi connectivity index (χ4n) is 2.12. The Balaban J connectivity index is 1.74. The summed E-state index contributed by atoms with van der Waals surface area (Å²) < 4.78 is 31.1. The molecule has 24 heavy (non-hydrogen) atoms. The summed E-state index contributed by atoms with van der Waals surface area (Å²) in [5, 5.41) is 3.97. The van der Waals surface area contributed by atoms with E-state index in [-0.39, 0.29) is 0 Å². The molecule has 1 heterocycles. The van der Waals surface area contributed by atoms with E-state index in [0.717, 1.165) is 21.9 Å². The van der Waals surface area contributed by atoms with Gasteiger partial charge in [0.05, 0.1) is 12.7 Å². The Morgan fingerprint density at radius 3 is 2.38 bits per heavy atom. The van der Waals surface area contributed by atoms with Crippen molar-refractivity contribution in [1.82, 2.24) is 10.1 Å². The first-order valence-corrected chi connectivity index (χ1v) is 9.73. The van der Waals surface area contributed by atoms with Gasteiger partial charge >= 0.3 is 0 Å². The van der Waals surface area contributed by atoms with Crippen LogP contribution in [-0.4, -0.2) is 24.8 Å². The summed E-state index contributed by atoms with van der Waals surface area (Å²) in [5.74, 6) is 0.985. The first-order chi connectivity index (χ1) is 11.4. The lowest BCUT2D eigenvalue weighted by Gasteiger charge is -2.03. The highest BCUT2D eigenvalue weighted by Gasteiger charge is 2.10. The Hall–Kier alpha value is -2.19. The van der Waals surface area contributed by atoms with Crippen LogP contribution in [0.1, 0.15) is 11.5 Å². The molecule has 0 saturated heterocycles. The molecule has 0 aliphatic rings. The minimum absolute atomic E-state index is 0.466. The van der Waals surface area contributed by atoms with Crippen LogP contribution in [0.3, 0.4) is 0 Å². The van der Waals surface area contributed by atoms with Gasteiger partial charge in [0.25, 0.3) is 0 Å². The molecule has 0 atom stereocenters. The van der Waals surface area contributed by atoms with Gasteiger partial charge in [-0.15, -0.1) is 0 Å². The van der Waals surface area contributed by atoms with Crippen molar-refractivity contribution in [1.29, 1.82) is 0 Å². The number of benzene rings is 2. The summed E-state index contributed by atoms with van der Waals surface area (Å²) in [5.41, 5.74) is 2.31. The third-order valence-electron chi connectivity index (χ3n) is 3.18. The molecule has 0 unspecified atom stereocenters. The molecule has 1 aromatic heterocycles. The summed E-state index contributed by atoms with van der Waals surface area (Å²) in [6.07, 6.45) is 1.66. The van der Waals surface area contributed by atoms with Gasteiger partial charge in [0, 0.05) is 15.7 Å². The number of halogens is 1. The molecule has 0 fully saturated rings. The van der Waals surface area contributed by atoms with Gasteiger partial charge in [0.15, 0.2) is 0 Å². The fraction of sp³-hybridized carbons (Fsp3) is 0.125. The summed E-state index contributed by atoms with van der Waals surface area (Å²) in [7, 11) is -3.29. The van der Waals surface area contributed by atoms with Crippen LogP contribution < -0.4 is 4.72 Å². The Morgan fingerprint density at radius 2 is 1.75 bits per heavy atom. The first kappa shape index (κ1) is 16.7. The summed E-state index contributed by atoms with van der Waals surface area (Å²) >= 11 is 3.40. The van der Waals surface area contributed by atoms with E-state index in [2.05, 4.69) is 30.8 Å². The van der Waals surface area contributed by atoms with Crippen molar-refractivity contribution in [2.24, 2.45) is 0 Å². The molecule has 0 amide bonds. The van der Waals surface area contributed by atoms with Crippen LogP contribution in [-0.2, 0) is 16.4 Å². The van der Waals surface area contributed by atoms with Crippen molar-refractivity contribution in [2.45, 2.75) is 6.42 Å². The molecule has 0 spiro atoms. The normalized spacial score (nSPS) is 11.4. The minimum atomic E-state index is -3.29. The maximum Gasteiger partial charge on any atom is 0.231 e. The third kappa shape index (κ3) is 4.42. The molecular weight excluding hydrogens is 394 g/mol. The van der Waals surface area contributed by atoms with E-state index in [4.69, 9.17) is 4.52 Å². The zero-order valence-electron chi connectivity index (χ0n) is 12.7. The van der Waals surface area contributed by atoms with E-state index in [0.29, 0.717) is 23.8 Å². The smallest absolute Gasteiger partial charge is 0.231 e. The SMILES string of the molecule is CS(=O)(=O)Nc1ccc(-c2noc(Cc3ccc(Br)cc3)n2)cc1. The van der Waals surface area contributed by atoms with Crippen LogP contribution in [0.5, 0.6) is 0 Å². The van der Waals surface area contributed by atoms with Crippen LogP contribution in [0.4, 0.5) is 5.69 Å². The molecule has 0 aliphatic carbocycles. The quantitative estimate of drug-likeness (QED) is 0.699. The van der Waals surface area contributed by atoms with Crippen LogP contribution in [0.15, 0.2) is 57.5 Å². The van der Waals surface area contributed by atoms with Gasteiger partial charge in [-0.2, -0.15) is 4.98 Å².